The van der Waals surface area contributed by atoms with Crippen molar-refractivity contribution in [3.05, 3.63) is 35.4 Å². The minimum Gasteiger partial charge on any atom is -0.312 e. The Morgan fingerprint density at radius 2 is 1.78 bits per heavy atom. The van der Waals surface area contributed by atoms with Crippen molar-refractivity contribution in [3.8, 4) is 0 Å². The highest BCUT2D eigenvalue weighted by Crippen LogP contribution is 2.50. The molecule has 1 fully saturated rings. The third kappa shape index (κ3) is 2.16. The Morgan fingerprint density at radius 1 is 1.22 bits per heavy atom. The Balaban J connectivity index is 2.44. The average Bonchev–Trinajstić information content (AvgIpc) is 2.84. The summed E-state index contributed by atoms with van der Waals surface area (Å²) in [6, 6.07) is 3.89. The van der Waals surface area contributed by atoms with Gasteiger partial charge in [-0.15, -0.1) is 0 Å². The molecule has 0 bridgehead atoms. The van der Waals surface area contributed by atoms with Gasteiger partial charge in [-0.2, -0.15) is 0 Å². The molecule has 1 atom stereocenters. The maximum Gasteiger partial charge on any atom is 0.130 e. The average molecular weight is 253 g/mol. The van der Waals surface area contributed by atoms with Crippen LogP contribution in [0.4, 0.5) is 8.78 Å². The molecule has 1 saturated carbocycles. The first-order chi connectivity index (χ1) is 8.64. The van der Waals surface area contributed by atoms with Gasteiger partial charge in [0.15, 0.2) is 0 Å². The first kappa shape index (κ1) is 13.5. The lowest BCUT2D eigenvalue weighted by molar-refractivity contribution is 0.187. The van der Waals surface area contributed by atoms with Gasteiger partial charge in [0, 0.05) is 11.6 Å². The zero-order valence-corrected chi connectivity index (χ0v) is 11.1. The first-order valence-electron chi connectivity index (χ1n) is 6.76. The van der Waals surface area contributed by atoms with Gasteiger partial charge >= 0.3 is 0 Å². The number of hydrogen-bond acceptors (Lipinski definition) is 1. The van der Waals surface area contributed by atoms with Crippen LogP contribution in [0.25, 0.3) is 0 Å². The summed E-state index contributed by atoms with van der Waals surface area (Å²) >= 11 is 0. The zero-order chi connectivity index (χ0) is 13.2. The van der Waals surface area contributed by atoms with Gasteiger partial charge in [-0.25, -0.2) is 8.78 Å². The number of halogens is 2. The van der Waals surface area contributed by atoms with Gasteiger partial charge < -0.3 is 5.32 Å². The molecule has 100 valence electrons. The van der Waals surface area contributed by atoms with E-state index in [1.54, 1.807) is 7.05 Å². The third-order valence-electron chi connectivity index (χ3n) is 4.49. The van der Waals surface area contributed by atoms with Crippen molar-refractivity contribution in [2.45, 2.75) is 45.1 Å². The maximum atomic E-state index is 14.0. The minimum absolute atomic E-state index is 0.00220. The molecule has 1 aromatic rings. The van der Waals surface area contributed by atoms with Crippen molar-refractivity contribution >= 4 is 0 Å². The molecule has 0 aromatic heterocycles. The van der Waals surface area contributed by atoms with E-state index in [0.717, 1.165) is 32.1 Å². The van der Waals surface area contributed by atoms with Crippen LogP contribution in [0.1, 0.15) is 50.6 Å². The van der Waals surface area contributed by atoms with Crippen LogP contribution < -0.4 is 5.32 Å². The van der Waals surface area contributed by atoms with Crippen LogP contribution in [-0.2, 0) is 0 Å². The number of hydrogen-bond donors (Lipinski definition) is 1. The Bertz CT molecular complexity index is 391. The second-order valence-electron chi connectivity index (χ2n) is 5.28. The van der Waals surface area contributed by atoms with Gasteiger partial charge in [-0.05, 0) is 43.9 Å². The summed E-state index contributed by atoms with van der Waals surface area (Å²) in [4.78, 5) is 0. The van der Waals surface area contributed by atoms with E-state index in [4.69, 9.17) is 0 Å². The normalized spacial score (nSPS) is 20.0. The summed E-state index contributed by atoms with van der Waals surface area (Å²) in [5.74, 6) is -0.872. The van der Waals surface area contributed by atoms with Crippen LogP contribution in [0.2, 0.25) is 0 Å². The molecular formula is C15H21F2N. The summed E-state index contributed by atoms with van der Waals surface area (Å²) in [5, 5.41) is 3.15. The summed E-state index contributed by atoms with van der Waals surface area (Å²) in [6.45, 7) is 2.12. The highest BCUT2D eigenvalue weighted by atomic mass is 19.1. The fourth-order valence-electron chi connectivity index (χ4n) is 3.47. The molecule has 0 heterocycles. The highest BCUT2D eigenvalue weighted by molar-refractivity contribution is 5.26. The molecule has 2 rings (SSSR count). The molecule has 1 unspecified atom stereocenters. The SMILES string of the molecule is CCC1(C(NC)c2c(F)cccc2F)CCCC1. The summed E-state index contributed by atoms with van der Waals surface area (Å²) in [6.07, 6.45) is 5.35. The molecule has 0 amide bonds. The topological polar surface area (TPSA) is 12.0 Å². The largest absolute Gasteiger partial charge is 0.312 e. The third-order valence-corrected chi connectivity index (χ3v) is 4.49. The van der Waals surface area contributed by atoms with Gasteiger partial charge in [0.1, 0.15) is 11.6 Å². The quantitative estimate of drug-likeness (QED) is 0.848. The van der Waals surface area contributed by atoms with Crippen LogP contribution in [0.3, 0.4) is 0 Å². The van der Waals surface area contributed by atoms with E-state index in [0.29, 0.717) is 0 Å². The van der Waals surface area contributed by atoms with Crippen molar-refractivity contribution in [2.24, 2.45) is 5.41 Å². The Kier molecular flexibility index (Phi) is 4.00. The van der Waals surface area contributed by atoms with E-state index in [-0.39, 0.29) is 17.0 Å². The van der Waals surface area contributed by atoms with E-state index >= 15 is 0 Å². The van der Waals surface area contributed by atoms with Gasteiger partial charge in [-0.3, -0.25) is 0 Å². The standard InChI is InChI=1S/C15H21F2N/c1-3-15(9-4-5-10-15)14(18-2)13-11(16)7-6-8-12(13)17/h6-8,14,18H,3-5,9-10H2,1-2H3. The number of rotatable bonds is 4. The molecule has 1 nitrogen and oxygen atoms in total. The maximum absolute atomic E-state index is 14.0. The lowest BCUT2D eigenvalue weighted by Gasteiger charge is -2.37. The Hall–Kier alpha value is -0.960. The molecular weight excluding hydrogens is 232 g/mol. The predicted molar refractivity (Wildman–Crippen MR) is 69.4 cm³/mol. The molecule has 18 heavy (non-hydrogen) atoms. The van der Waals surface area contributed by atoms with Crippen molar-refractivity contribution in [3.63, 3.8) is 0 Å². The smallest absolute Gasteiger partial charge is 0.130 e. The van der Waals surface area contributed by atoms with Gasteiger partial charge in [-0.1, -0.05) is 25.8 Å². The molecule has 1 aliphatic rings. The molecule has 3 heteroatoms. The fourth-order valence-corrected chi connectivity index (χ4v) is 3.47. The summed E-state index contributed by atoms with van der Waals surface area (Å²) in [7, 11) is 1.80. The molecule has 0 spiro atoms. The van der Waals surface area contributed by atoms with E-state index in [1.165, 1.54) is 18.2 Å². The van der Waals surface area contributed by atoms with Gasteiger partial charge in [0.25, 0.3) is 0 Å². The van der Waals surface area contributed by atoms with Crippen LogP contribution in [0.15, 0.2) is 18.2 Å². The van der Waals surface area contributed by atoms with Crippen molar-refractivity contribution in [1.82, 2.24) is 5.32 Å². The highest BCUT2D eigenvalue weighted by Gasteiger charge is 2.41. The minimum atomic E-state index is -0.436. The van der Waals surface area contributed by atoms with E-state index in [9.17, 15) is 8.78 Å². The van der Waals surface area contributed by atoms with Crippen LogP contribution in [-0.4, -0.2) is 7.05 Å². The molecule has 0 aliphatic heterocycles. The summed E-state index contributed by atoms with van der Waals surface area (Å²) < 4.78 is 27.9. The lowest BCUT2D eigenvalue weighted by Crippen LogP contribution is -2.35. The Morgan fingerprint density at radius 3 is 2.22 bits per heavy atom. The fraction of sp³-hybridized carbons (Fsp3) is 0.600. The van der Waals surface area contributed by atoms with Crippen molar-refractivity contribution in [2.75, 3.05) is 7.05 Å². The van der Waals surface area contributed by atoms with E-state index in [2.05, 4.69) is 12.2 Å². The van der Waals surface area contributed by atoms with Crippen molar-refractivity contribution in [1.29, 1.82) is 0 Å². The van der Waals surface area contributed by atoms with Crippen LogP contribution >= 0.6 is 0 Å². The van der Waals surface area contributed by atoms with Crippen LogP contribution in [0.5, 0.6) is 0 Å². The van der Waals surface area contributed by atoms with Gasteiger partial charge in [0.05, 0.1) is 0 Å². The second-order valence-corrected chi connectivity index (χ2v) is 5.28. The first-order valence-corrected chi connectivity index (χ1v) is 6.76. The second kappa shape index (κ2) is 5.35. The number of nitrogens with one attached hydrogen (secondary N) is 1. The molecule has 0 saturated heterocycles. The molecule has 0 radical (unpaired) electrons. The monoisotopic (exact) mass is 253 g/mol. The lowest BCUT2D eigenvalue weighted by atomic mass is 9.73. The molecule has 1 aliphatic carbocycles. The van der Waals surface area contributed by atoms with Crippen molar-refractivity contribution < 1.29 is 8.78 Å². The van der Waals surface area contributed by atoms with Gasteiger partial charge in [0.2, 0.25) is 0 Å². The predicted octanol–water partition coefficient (Wildman–Crippen LogP) is 4.20. The van der Waals surface area contributed by atoms with E-state index < -0.39 is 11.6 Å². The van der Waals surface area contributed by atoms with Crippen LogP contribution in [0, 0.1) is 17.0 Å². The number of benzene rings is 1. The van der Waals surface area contributed by atoms with E-state index in [1.807, 2.05) is 0 Å². The molecule has 1 aromatic carbocycles. The molecule has 1 N–H and O–H groups in total. The zero-order valence-electron chi connectivity index (χ0n) is 11.1. The summed E-state index contributed by atoms with van der Waals surface area (Å²) in [5.41, 5.74) is 0.210. The Labute approximate surface area is 108 Å².